The van der Waals surface area contributed by atoms with Gasteiger partial charge in [0.05, 0.1) is 47.1 Å². The van der Waals surface area contributed by atoms with Crippen molar-refractivity contribution in [1.29, 1.82) is 0 Å². The van der Waals surface area contributed by atoms with Crippen LogP contribution in [0.1, 0.15) is 23.2 Å². The molecule has 4 aromatic rings. The first-order valence-corrected chi connectivity index (χ1v) is 13.2. The third-order valence-electron chi connectivity index (χ3n) is 7.81. The lowest BCUT2D eigenvalue weighted by atomic mass is 9.93. The molecule has 11 heteroatoms. The van der Waals surface area contributed by atoms with Crippen molar-refractivity contribution in [2.75, 3.05) is 18.0 Å². The lowest BCUT2D eigenvalue weighted by Crippen LogP contribution is -2.47. The highest BCUT2D eigenvalue weighted by Gasteiger charge is 2.40. The molecule has 1 N–H and O–H groups in total. The number of piperidine rings is 1. The second-order valence-electron chi connectivity index (χ2n) is 10.1. The molecule has 40 heavy (non-hydrogen) atoms. The molecule has 0 saturated carbocycles. The Bertz CT molecular complexity index is 1680. The number of rotatable bonds is 5. The number of fused-ring (bicyclic) bond motifs is 2. The van der Waals surface area contributed by atoms with Crippen LogP contribution in [0.25, 0.3) is 16.7 Å². The van der Waals surface area contributed by atoms with Gasteiger partial charge in [0.2, 0.25) is 0 Å². The zero-order valence-corrected chi connectivity index (χ0v) is 21.4. The van der Waals surface area contributed by atoms with Crippen LogP contribution in [0.2, 0.25) is 0 Å². The van der Waals surface area contributed by atoms with E-state index >= 15 is 0 Å². The molecular formula is C29H25FN8O2. The molecule has 2 aliphatic heterocycles. The van der Waals surface area contributed by atoms with Crippen LogP contribution in [0.15, 0.2) is 84.4 Å². The minimum atomic E-state index is -0.759. The lowest BCUT2D eigenvalue weighted by Gasteiger charge is -2.36. The Hall–Kier alpha value is -4.93. The molecule has 1 amide bonds. The van der Waals surface area contributed by atoms with Crippen LogP contribution in [0.5, 0.6) is 0 Å². The molecule has 3 aromatic heterocycles. The van der Waals surface area contributed by atoms with Crippen molar-refractivity contribution in [2.24, 2.45) is 10.9 Å². The van der Waals surface area contributed by atoms with Crippen LogP contribution in [0, 0.1) is 11.7 Å². The van der Waals surface area contributed by atoms with E-state index in [1.54, 1.807) is 11.1 Å². The number of allylic oxidation sites excluding steroid dienone is 2. The number of nitrogens with one attached hydrogen (secondary N) is 1. The fraction of sp³-hybridized carbons (Fsp3) is 0.241. The molecule has 0 radical (unpaired) electrons. The number of anilines is 1. The van der Waals surface area contributed by atoms with Gasteiger partial charge in [0.1, 0.15) is 5.84 Å². The van der Waals surface area contributed by atoms with Gasteiger partial charge in [0.25, 0.3) is 11.7 Å². The quantitative estimate of drug-likeness (QED) is 0.309. The first kappa shape index (κ1) is 24.1. The normalized spacial score (nSPS) is 20.7. The second-order valence-corrected chi connectivity index (χ2v) is 10.1. The van der Waals surface area contributed by atoms with Crippen molar-refractivity contribution in [3.8, 4) is 5.82 Å². The van der Waals surface area contributed by atoms with Gasteiger partial charge in [-0.2, -0.15) is 0 Å². The number of aromatic amines is 1. The Balaban J connectivity index is 1.10. The standard InChI is InChI=1S/C29H25FN8O2/c30-21-17-32-28(37-15-12-33-35-37)25-24(21)20(16-31-25)26(39)29(40)36-13-10-18(11-14-36)27-34-22-8-4-5-9-23(22)38(27)19-6-2-1-3-7-19/h1-9,12,15-18,22-23,31H,10-11,13-14H2. The number of nitrogens with zero attached hydrogens (tertiary/aromatic N) is 7. The highest BCUT2D eigenvalue weighted by Crippen LogP contribution is 2.34. The van der Waals surface area contributed by atoms with Crippen molar-refractivity contribution in [1.82, 2.24) is 29.9 Å². The van der Waals surface area contributed by atoms with E-state index in [-0.39, 0.29) is 40.3 Å². The Morgan fingerprint density at radius 3 is 2.62 bits per heavy atom. The summed E-state index contributed by atoms with van der Waals surface area (Å²) in [5, 5.41) is 7.66. The Morgan fingerprint density at radius 2 is 1.85 bits per heavy atom. The Morgan fingerprint density at radius 1 is 1.05 bits per heavy atom. The maximum atomic E-state index is 14.9. The van der Waals surface area contributed by atoms with E-state index in [9.17, 15) is 14.0 Å². The van der Waals surface area contributed by atoms with Crippen LogP contribution in [0.3, 0.4) is 0 Å². The van der Waals surface area contributed by atoms with Gasteiger partial charge in [0, 0.05) is 30.9 Å². The third-order valence-corrected chi connectivity index (χ3v) is 7.81. The van der Waals surface area contributed by atoms with Crippen LogP contribution in [-0.2, 0) is 4.79 Å². The number of para-hydroxylation sites is 1. The highest BCUT2D eigenvalue weighted by atomic mass is 19.1. The molecule has 200 valence electrons. The predicted molar refractivity (Wildman–Crippen MR) is 147 cm³/mol. The van der Waals surface area contributed by atoms with Gasteiger partial charge in [-0.05, 0) is 25.0 Å². The minimum absolute atomic E-state index is 0.0104. The van der Waals surface area contributed by atoms with Crippen LogP contribution >= 0.6 is 0 Å². The van der Waals surface area contributed by atoms with Gasteiger partial charge in [-0.3, -0.25) is 14.6 Å². The third kappa shape index (κ3) is 3.93. The van der Waals surface area contributed by atoms with Gasteiger partial charge in [0.15, 0.2) is 11.6 Å². The van der Waals surface area contributed by atoms with E-state index in [1.807, 2.05) is 24.3 Å². The first-order chi connectivity index (χ1) is 19.6. The molecular weight excluding hydrogens is 511 g/mol. The zero-order chi connectivity index (χ0) is 27.2. The number of aliphatic imine (C=N–C) groups is 1. The summed E-state index contributed by atoms with van der Waals surface area (Å²) in [6.45, 7) is 0.822. The number of amides is 1. The number of hydrogen-bond donors (Lipinski definition) is 1. The Kier molecular flexibility index (Phi) is 5.84. The molecule has 10 nitrogen and oxygen atoms in total. The number of pyridine rings is 1. The Labute approximate surface area is 228 Å². The van der Waals surface area contributed by atoms with Crippen molar-refractivity contribution >= 4 is 34.1 Å². The summed E-state index contributed by atoms with van der Waals surface area (Å²) in [6.07, 6.45) is 15.1. The van der Waals surface area contributed by atoms with E-state index < -0.39 is 17.5 Å². The van der Waals surface area contributed by atoms with Crippen LogP contribution in [-0.4, -0.2) is 72.6 Å². The SMILES string of the molecule is O=C(C(=O)N1CCC(C2=NC3C=CC=CC3N2c2ccccc2)CC1)c1c[nH]c2c(-n3ccnn3)ncc(F)c12. The van der Waals surface area contributed by atoms with Crippen molar-refractivity contribution in [3.63, 3.8) is 0 Å². The summed E-state index contributed by atoms with van der Waals surface area (Å²) in [6, 6.07) is 10.4. The molecule has 5 heterocycles. The number of hydrogen-bond acceptors (Lipinski definition) is 7. The summed E-state index contributed by atoms with van der Waals surface area (Å²) in [5.74, 6) is -0.654. The number of ketones is 1. The molecule has 1 aromatic carbocycles. The minimum Gasteiger partial charge on any atom is -0.357 e. The van der Waals surface area contributed by atoms with E-state index in [2.05, 4.69) is 55.5 Å². The summed E-state index contributed by atoms with van der Waals surface area (Å²) >= 11 is 0. The van der Waals surface area contributed by atoms with Gasteiger partial charge in [-0.15, -0.1) is 5.10 Å². The van der Waals surface area contributed by atoms with Crippen molar-refractivity contribution < 1.29 is 14.0 Å². The molecule has 1 saturated heterocycles. The molecule has 0 bridgehead atoms. The van der Waals surface area contributed by atoms with Crippen LogP contribution in [0.4, 0.5) is 10.1 Å². The number of carbonyl (C=O) groups excluding carboxylic acids is 2. The van der Waals surface area contributed by atoms with Gasteiger partial charge >= 0.3 is 0 Å². The smallest absolute Gasteiger partial charge is 0.295 e. The average Bonchev–Trinajstić information content (AvgIpc) is 3.76. The van der Waals surface area contributed by atoms with Gasteiger partial charge < -0.3 is 14.8 Å². The van der Waals surface area contributed by atoms with Crippen LogP contribution < -0.4 is 4.90 Å². The maximum Gasteiger partial charge on any atom is 0.295 e. The number of Topliss-reactive ketones (excluding diaryl/α,β-unsaturated/α-hetero) is 1. The predicted octanol–water partition coefficient (Wildman–Crippen LogP) is 3.49. The summed E-state index contributed by atoms with van der Waals surface area (Å²) in [4.78, 5) is 42.6. The monoisotopic (exact) mass is 536 g/mol. The number of H-pyrrole nitrogens is 1. The topological polar surface area (TPSA) is 112 Å². The summed E-state index contributed by atoms with van der Waals surface area (Å²) in [5.41, 5.74) is 1.33. The second kappa shape index (κ2) is 9.67. The number of likely N-dealkylation sites (tertiary alicyclic amines) is 1. The number of carbonyl (C=O) groups is 2. The number of amidine groups is 1. The van der Waals surface area contributed by atoms with E-state index in [0.29, 0.717) is 25.9 Å². The fourth-order valence-electron chi connectivity index (χ4n) is 5.87. The van der Waals surface area contributed by atoms with Gasteiger partial charge in [-0.25, -0.2) is 14.1 Å². The van der Waals surface area contributed by atoms with E-state index in [1.165, 1.54) is 17.1 Å². The highest BCUT2D eigenvalue weighted by molar-refractivity contribution is 6.45. The van der Waals surface area contributed by atoms with Crippen molar-refractivity contribution in [3.05, 3.63) is 90.8 Å². The number of aromatic nitrogens is 5. The largest absolute Gasteiger partial charge is 0.357 e. The van der Waals surface area contributed by atoms with E-state index in [0.717, 1.165) is 17.7 Å². The first-order valence-electron chi connectivity index (χ1n) is 13.2. The molecule has 2 unspecified atom stereocenters. The number of benzene rings is 1. The molecule has 7 rings (SSSR count). The number of halogens is 1. The maximum absolute atomic E-state index is 14.9. The molecule has 1 aliphatic carbocycles. The molecule has 0 spiro atoms. The van der Waals surface area contributed by atoms with E-state index in [4.69, 9.17) is 4.99 Å². The summed E-state index contributed by atoms with van der Waals surface area (Å²) < 4.78 is 16.2. The molecule has 3 aliphatic rings. The average molecular weight is 537 g/mol. The zero-order valence-electron chi connectivity index (χ0n) is 21.4. The lowest BCUT2D eigenvalue weighted by molar-refractivity contribution is -0.127. The fourth-order valence-corrected chi connectivity index (χ4v) is 5.87. The molecule has 2 atom stereocenters. The summed E-state index contributed by atoms with van der Waals surface area (Å²) in [7, 11) is 0. The molecule has 1 fully saturated rings. The van der Waals surface area contributed by atoms with Crippen molar-refractivity contribution in [2.45, 2.75) is 24.9 Å². The van der Waals surface area contributed by atoms with Gasteiger partial charge in [-0.1, -0.05) is 47.7 Å².